The molecule has 0 unspecified atom stereocenters. The summed E-state index contributed by atoms with van der Waals surface area (Å²) >= 11 is 0. The van der Waals surface area contributed by atoms with Crippen LogP contribution in [0.2, 0.25) is 0 Å². The zero-order valence-corrected chi connectivity index (χ0v) is 22.1. The van der Waals surface area contributed by atoms with Crippen LogP contribution in [0.1, 0.15) is 128 Å². The molecular formula is C30H44N2. The summed E-state index contributed by atoms with van der Waals surface area (Å²) < 4.78 is 0. The molecule has 0 saturated carbocycles. The molecule has 0 aliphatic heterocycles. The molecule has 2 heteroatoms. The highest BCUT2D eigenvalue weighted by atomic mass is 14.8. The highest BCUT2D eigenvalue weighted by molar-refractivity contribution is 6.05. The number of benzene rings is 2. The zero-order chi connectivity index (χ0) is 24.0. The van der Waals surface area contributed by atoms with E-state index in [1.54, 1.807) is 0 Å². The van der Waals surface area contributed by atoms with Gasteiger partial charge in [0.05, 0.1) is 11.4 Å². The van der Waals surface area contributed by atoms with Crippen molar-refractivity contribution in [2.75, 3.05) is 0 Å². The number of hydrogen-bond acceptors (Lipinski definition) is 2. The van der Waals surface area contributed by atoms with Gasteiger partial charge in [0.15, 0.2) is 0 Å². The standard InChI is InChI=1S/C30H44N2/c1-11-24(32-30-27(21(6)7)16-13-17-28(30)22(8)9)18-23(10)31-29-25(19(2)3)14-12-15-26(29)20(4)5/h12-17,19-22H,11,18H2,1-10H3. The van der Waals surface area contributed by atoms with Crippen molar-refractivity contribution in [2.45, 2.75) is 106 Å². The van der Waals surface area contributed by atoms with Gasteiger partial charge in [-0.05, 0) is 59.3 Å². The highest BCUT2D eigenvalue weighted by Crippen LogP contribution is 2.36. The summed E-state index contributed by atoms with van der Waals surface area (Å²) in [6, 6.07) is 13.3. The van der Waals surface area contributed by atoms with Crippen LogP contribution in [0.5, 0.6) is 0 Å². The van der Waals surface area contributed by atoms with Crippen molar-refractivity contribution < 1.29 is 0 Å². The van der Waals surface area contributed by atoms with Crippen LogP contribution in [-0.2, 0) is 0 Å². The van der Waals surface area contributed by atoms with Gasteiger partial charge in [0.1, 0.15) is 0 Å². The summed E-state index contributed by atoms with van der Waals surface area (Å²) in [7, 11) is 0. The third kappa shape index (κ3) is 6.40. The first-order valence-corrected chi connectivity index (χ1v) is 12.4. The minimum Gasteiger partial charge on any atom is -0.257 e. The zero-order valence-electron chi connectivity index (χ0n) is 22.1. The van der Waals surface area contributed by atoms with Gasteiger partial charge in [0.25, 0.3) is 0 Å². The smallest absolute Gasteiger partial charge is 0.0698 e. The fourth-order valence-corrected chi connectivity index (χ4v) is 4.21. The molecule has 0 N–H and O–H groups in total. The van der Waals surface area contributed by atoms with Crippen LogP contribution >= 0.6 is 0 Å². The molecule has 32 heavy (non-hydrogen) atoms. The first-order chi connectivity index (χ1) is 15.1. The van der Waals surface area contributed by atoms with Crippen molar-refractivity contribution in [3.63, 3.8) is 0 Å². The molecule has 0 bridgehead atoms. The Morgan fingerprint density at radius 2 is 0.969 bits per heavy atom. The minimum absolute atomic E-state index is 0.450. The molecule has 2 aromatic rings. The van der Waals surface area contributed by atoms with E-state index < -0.39 is 0 Å². The van der Waals surface area contributed by atoms with Crippen LogP contribution in [0.15, 0.2) is 46.4 Å². The quantitative estimate of drug-likeness (QED) is 0.352. The molecule has 0 atom stereocenters. The molecular weight excluding hydrogens is 388 g/mol. The third-order valence-corrected chi connectivity index (χ3v) is 6.13. The van der Waals surface area contributed by atoms with Crippen molar-refractivity contribution in [1.29, 1.82) is 0 Å². The first kappa shape index (κ1) is 26.0. The van der Waals surface area contributed by atoms with Crippen molar-refractivity contribution in [3.05, 3.63) is 58.7 Å². The average molecular weight is 433 g/mol. The molecule has 0 spiro atoms. The fourth-order valence-electron chi connectivity index (χ4n) is 4.21. The van der Waals surface area contributed by atoms with Crippen LogP contribution in [0.4, 0.5) is 11.4 Å². The van der Waals surface area contributed by atoms with E-state index >= 15 is 0 Å². The maximum Gasteiger partial charge on any atom is 0.0698 e. The molecule has 0 radical (unpaired) electrons. The Kier molecular flexibility index (Phi) is 9.43. The third-order valence-electron chi connectivity index (χ3n) is 6.13. The molecule has 0 aliphatic carbocycles. The van der Waals surface area contributed by atoms with Gasteiger partial charge in [-0.1, -0.05) is 98.7 Å². The Bertz CT molecular complexity index is 906. The lowest BCUT2D eigenvalue weighted by Crippen LogP contribution is -2.06. The van der Waals surface area contributed by atoms with E-state index in [0.717, 1.165) is 24.2 Å². The molecule has 174 valence electrons. The van der Waals surface area contributed by atoms with Gasteiger partial charge in [-0.2, -0.15) is 0 Å². The van der Waals surface area contributed by atoms with Crippen molar-refractivity contribution in [2.24, 2.45) is 9.98 Å². The fraction of sp³-hybridized carbons (Fsp3) is 0.533. The normalized spacial score (nSPS) is 13.2. The predicted molar refractivity (Wildman–Crippen MR) is 144 cm³/mol. The Morgan fingerprint density at radius 1 is 0.625 bits per heavy atom. The van der Waals surface area contributed by atoms with Gasteiger partial charge in [0.2, 0.25) is 0 Å². The summed E-state index contributed by atoms with van der Waals surface area (Å²) in [5.41, 5.74) is 10.0. The van der Waals surface area contributed by atoms with E-state index in [1.807, 2.05) is 0 Å². The summed E-state index contributed by atoms with van der Waals surface area (Å²) in [5, 5.41) is 0. The second kappa shape index (κ2) is 11.6. The van der Waals surface area contributed by atoms with E-state index in [0.29, 0.717) is 23.7 Å². The van der Waals surface area contributed by atoms with Crippen molar-refractivity contribution in [1.82, 2.24) is 0 Å². The molecule has 0 amide bonds. The van der Waals surface area contributed by atoms with E-state index in [4.69, 9.17) is 9.98 Å². The molecule has 0 aliphatic rings. The monoisotopic (exact) mass is 432 g/mol. The molecule has 0 saturated heterocycles. The van der Waals surface area contributed by atoms with E-state index in [1.165, 1.54) is 33.7 Å². The maximum absolute atomic E-state index is 5.25. The molecule has 0 aromatic heterocycles. The Labute approximate surface area is 197 Å². The van der Waals surface area contributed by atoms with Crippen LogP contribution in [0.25, 0.3) is 0 Å². The lowest BCUT2D eigenvalue weighted by atomic mass is 9.92. The molecule has 2 aromatic carbocycles. The number of para-hydroxylation sites is 2. The average Bonchev–Trinajstić information content (AvgIpc) is 2.72. The van der Waals surface area contributed by atoms with Crippen molar-refractivity contribution >= 4 is 22.8 Å². The number of nitrogens with zero attached hydrogens (tertiary/aromatic N) is 2. The SMILES string of the molecule is CCC(CC(C)=Nc1c(C(C)C)cccc1C(C)C)=Nc1c(C(C)C)cccc1C(C)C. The molecule has 2 rings (SSSR count). The molecule has 0 heterocycles. The number of rotatable bonds is 9. The summed E-state index contributed by atoms with van der Waals surface area (Å²) in [6.45, 7) is 22.4. The van der Waals surface area contributed by atoms with Gasteiger partial charge in [-0.25, -0.2) is 0 Å². The lowest BCUT2D eigenvalue weighted by molar-refractivity contribution is 0.834. The maximum atomic E-state index is 5.25. The number of hydrogen-bond donors (Lipinski definition) is 0. The predicted octanol–water partition coefficient (Wildman–Crippen LogP) is 9.85. The summed E-state index contributed by atoms with van der Waals surface area (Å²) in [5.74, 6) is 1.80. The molecule has 2 nitrogen and oxygen atoms in total. The van der Waals surface area contributed by atoms with Gasteiger partial charge >= 0.3 is 0 Å². The van der Waals surface area contributed by atoms with Gasteiger partial charge < -0.3 is 0 Å². The second-order valence-corrected chi connectivity index (χ2v) is 10.2. The van der Waals surface area contributed by atoms with Crippen LogP contribution in [0.3, 0.4) is 0 Å². The van der Waals surface area contributed by atoms with Gasteiger partial charge in [-0.15, -0.1) is 0 Å². The van der Waals surface area contributed by atoms with Crippen LogP contribution < -0.4 is 0 Å². The van der Waals surface area contributed by atoms with E-state index in [-0.39, 0.29) is 0 Å². The Balaban J connectivity index is 2.52. The minimum atomic E-state index is 0.450. The van der Waals surface area contributed by atoms with Crippen LogP contribution in [0, 0.1) is 0 Å². The summed E-state index contributed by atoms with van der Waals surface area (Å²) in [4.78, 5) is 10.4. The second-order valence-electron chi connectivity index (χ2n) is 10.2. The van der Waals surface area contributed by atoms with Gasteiger partial charge in [0, 0.05) is 17.8 Å². The molecule has 0 fully saturated rings. The van der Waals surface area contributed by atoms with Crippen LogP contribution in [-0.4, -0.2) is 11.4 Å². The van der Waals surface area contributed by atoms with E-state index in [9.17, 15) is 0 Å². The Morgan fingerprint density at radius 3 is 1.28 bits per heavy atom. The van der Waals surface area contributed by atoms with Crippen molar-refractivity contribution in [3.8, 4) is 0 Å². The largest absolute Gasteiger partial charge is 0.257 e. The lowest BCUT2D eigenvalue weighted by Gasteiger charge is -2.18. The number of aliphatic imine (C=N–C) groups is 2. The van der Waals surface area contributed by atoms with E-state index in [2.05, 4.69) is 106 Å². The highest BCUT2D eigenvalue weighted by Gasteiger charge is 2.16. The first-order valence-electron chi connectivity index (χ1n) is 12.4. The Hall–Kier alpha value is -2.22. The van der Waals surface area contributed by atoms with Gasteiger partial charge in [-0.3, -0.25) is 9.98 Å². The summed E-state index contributed by atoms with van der Waals surface area (Å²) in [6.07, 6.45) is 1.74. The topological polar surface area (TPSA) is 24.7 Å².